The molecule has 8 heteroatoms. The van der Waals surface area contributed by atoms with Crippen molar-refractivity contribution in [3.8, 4) is 5.75 Å². The summed E-state index contributed by atoms with van der Waals surface area (Å²) in [5.41, 5.74) is 1.57. The van der Waals surface area contributed by atoms with Gasteiger partial charge >= 0.3 is 0 Å². The molecule has 0 aliphatic carbocycles. The third-order valence-corrected chi connectivity index (χ3v) is 4.82. The van der Waals surface area contributed by atoms with Crippen molar-refractivity contribution < 1.29 is 9.53 Å². The summed E-state index contributed by atoms with van der Waals surface area (Å²) >= 11 is 6.04. The molecule has 3 rings (SSSR count). The molecule has 1 aliphatic heterocycles. The van der Waals surface area contributed by atoms with Crippen molar-refractivity contribution in [2.45, 2.75) is 13.8 Å². The van der Waals surface area contributed by atoms with Crippen LogP contribution < -0.4 is 15.0 Å². The average molecular weight is 390 g/mol. The minimum absolute atomic E-state index is 0.317. The fraction of sp³-hybridized carbons (Fsp3) is 0.421. The lowest BCUT2D eigenvalue weighted by Gasteiger charge is -2.34. The number of anilines is 2. The Kier molecular flexibility index (Phi) is 6.13. The molecule has 2 heterocycles. The number of hydrogen-bond acceptors (Lipinski definition) is 6. The third kappa shape index (κ3) is 4.67. The molecule has 1 aliphatic rings. The maximum absolute atomic E-state index is 12.8. The zero-order valence-corrected chi connectivity index (χ0v) is 16.6. The van der Waals surface area contributed by atoms with E-state index in [0.29, 0.717) is 28.1 Å². The van der Waals surface area contributed by atoms with Crippen molar-refractivity contribution in [2.75, 3.05) is 50.1 Å². The highest BCUT2D eigenvalue weighted by atomic mass is 35.5. The van der Waals surface area contributed by atoms with Crippen LogP contribution in [0.15, 0.2) is 24.3 Å². The molecule has 27 heavy (non-hydrogen) atoms. The first-order chi connectivity index (χ1) is 13.0. The van der Waals surface area contributed by atoms with E-state index < -0.39 is 0 Å². The van der Waals surface area contributed by atoms with E-state index in [-0.39, 0.29) is 5.91 Å². The van der Waals surface area contributed by atoms with Crippen molar-refractivity contribution in [1.82, 2.24) is 14.9 Å². The summed E-state index contributed by atoms with van der Waals surface area (Å²) in [4.78, 5) is 26.3. The topological polar surface area (TPSA) is 70.6 Å². The molecular weight excluding hydrogens is 366 g/mol. The number of carbonyl (C=O) groups is 1. The molecule has 0 bridgehead atoms. The molecule has 7 nitrogen and oxygen atoms in total. The summed E-state index contributed by atoms with van der Waals surface area (Å²) in [5, 5.41) is 3.34. The Morgan fingerprint density at radius 1 is 1.22 bits per heavy atom. The van der Waals surface area contributed by atoms with E-state index >= 15 is 0 Å². The van der Waals surface area contributed by atoms with Gasteiger partial charge in [-0.15, -0.1) is 0 Å². The predicted molar refractivity (Wildman–Crippen MR) is 107 cm³/mol. The number of carbonyl (C=O) groups excluding carboxylic acids is 1. The number of hydrogen-bond donors (Lipinski definition) is 1. The van der Waals surface area contributed by atoms with Crippen LogP contribution in [0.1, 0.15) is 23.1 Å². The van der Waals surface area contributed by atoms with Gasteiger partial charge in [0.1, 0.15) is 11.4 Å². The number of likely N-dealkylation sites (N-methyl/N-ethyl adjacent to an activating group) is 1. The predicted octanol–water partition coefficient (Wildman–Crippen LogP) is 2.84. The molecule has 1 fully saturated rings. The molecule has 0 spiro atoms. The van der Waals surface area contributed by atoms with Gasteiger partial charge in [0.15, 0.2) is 0 Å². The lowest BCUT2D eigenvalue weighted by Crippen LogP contribution is -2.47. The number of methoxy groups -OCH3 is 1. The van der Waals surface area contributed by atoms with Crippen molar-refractivity contribution in [1.29, 1.82) is 0 Å². The molecule has 0 unspecified atom stereocenters. The van der Waals surface area contributed by atoms with E-state index in [9.17, 15) is 4.79 Å². The smallest absolute Gasteiger partial charge is 0.274 e. The minimum Gasteiger partial charge on any atom is -0.495 e. The van der Waals surface area contributed by atoms with Gasteiger partial charge in [0, 0.05) is 36.9 Å². The Balaban J connectivity index is 1.80. The van der Waals surface area contributed by atoms with Crippen LogP contribution in [0.25, 0.3) is 0 Å². The van der Waals surface area contributed by atoms with Gasteiger partial charge in [0.25, 0.3) is 5.91 Å². The van der Waals surface area contributed by atoms with Crippen molar-refractivity contribution in [3.63, 3.8) is 0 Å². The van der Waals surface area contributed by atoms with Gasteiger partial charge in [-0.25, -0.2) is 9.97 Å². The Labute approximate surface area is 164 Å². The average Bonchev–Trinajstić information content (AvgIpc) is 2.67. The molecule has 1 aromatic heterocycles. The van der Waals surface area contributed by atoms with Crippen molar-refractivity contribution >= 4 is 29.1 Å². The van der Waals surface area contributed by atoms with Gasteiger partial charge < -0.3 is 19.9 Å². The monoisotopic (exact) mass is 389 g/mol. The third-order valence-electron chi connectivity index (χ3n) is 4.59. The van der Waals surface area contributed by atoms with Crippen LogP contribution in [0.3, 0.4) is 0 Å². The fourth-order valence-corrected chi connectivity index (χ4v) is 3.21. The van der Waals surface area contributed by atoms with E-state index in [1.807, 2.05) is 6.92 Å². The van der Waals surface area contributed by atoms with E-state index in [0.717, 1.165) is 38.4 Å². The van der Waals surface area contributed by atoms with Crippen LogP contribution in [0.2, 0.25) is 5.02 Å². The van der Waals surface area contributed by atoms with E-state index in [4.69, 9.17) is 16.3 Å². The molecule has 1 amide bonds. The van der Waals surface area contributed by atoms with Crippen LogP contribution in [-0.4, -0.2) is 60.6 Å². The summed E-state index contributed by atoms with van der Waals surface area (Å²) in [6.45, 7) is 8.69. The van der Waals surface area contributed by atoms with E-state index in [1.54, 1.807) is 31.4 Å². The first-order valence-corrected chi connectivity index (χ1v) is 9.36. The Bertz CT molecular complexity index is 822. The Morgan fingerprint density at radius 3 is 2.63 bits per heavy atom. The van der Waals surface area contributed by atoms with E-state index in [2.05, 4.69) is 32.0 Å². The molecule has 1 N–H and O–H groups in total. The van der Waals surface area contributed by atoms with Crippen LogP contribution in [-0.2, 0) is 0 Å². The SMILES string of the molecule is CCN1CCN(c2nc(C)cc(C(=O)Nc3cc(Cl)ccc3OC)n2)CC1. The maximum Gasteiger partial charge on any atom is 0.274 e. The van der Waals surface area contributed by atoms with Crippen LogP contribution >= 0.6 is 11.6 Å². The lowest BCUT2D eigenvalue weighted by atomic mass is 10.2. The van der Waals surface area contributed by atoms with Gasteiger partial charge in [-0.05, 0) is 37.7 Å². The zero-order chi connectivity index (χ0) is 19.4. The first-order valence-electron chi connectivity index (χ1n) is 8.98. The number of nitrogens with one attached hydrogen (secondary N) is 1. The molecule has 2 aromatic rings. The molecule has 0 atom stereocenters. The number of aryl methyl sites for hydroxylation is 1. The Morgan fingerprint density at radius 2 is 1.96 bits per heavy atom. The highest BCUT2D eigenvalue weighted by molar-refractivity contribution is 6.31. The summed E-state index contributed by atoms with van der Waals surface area (Å²) in [7, 11) is 1.54. The number of nitrogens with zero attached hydrogens (tertiary/aromatic N) is 4. The summed E-state index contributed by atoms with van der Waals surface area (Å²) in [5.74, 6) is 0.804. The zero-order valence-electron chi connectivity index (χ0n) is 15.8. The summed E-state index contributed by atoms with van der Waals surface area (Å²) in [6, 6.07) is 6.75. The number of amides is 1. The van der Waals surface area contributed by atoms with Crippen molar-refractivity contribution in [3.05, 3.63) is 40.7 Å². The molecule has 0 saturated carbocycles. The first kappa shape index (κ1) is 19.4. The lowest BCUT2D eigenvalue weighted by molar-refractivity contribution is 0.102. The normalized spacial score (nSPS) is 14.9. The maximum atomic E-state index is 12.8. The van der Waals surface area contributed by atoms with Gasteiger partial charge in [0.05, 0.1) is 12.8 Å². The second-order valence-corrected chi connectivity index (χ2v) is 6.85. The number of ether oxygens (including phenoxy) is 1. The van der Waals surface area contributed by atoms with Crippen molar-refractivity contribution in [2.24, 2.45) is 0 Å². The van der Waals surface area contributed by atoms with Crippen LogP contribution in [0.5, 0.6) is 5.75 Å². The highest BCUT2D eigenvalue weighted by Crippen LogP contribution is 2.28. The second kappa shape index (κ2) is 8.54. The number of rotatable bonds is 5. The van der Waals surface area contributed by atoms with Gasteiger partial charge in [-0.3, -0.25) is 4.79 Å². The highest BCUT2D eigenvalue weighted by Gasteiger charge is 2.20. The number of piperazine rings is 1. The minimum atomic E-state index is -0.325. The molecular formula is C19H24ClN5O2. The Hall–Kier alpha value is -2.38. The fourth-order valence-electron chi connectivity index (χ4n) is 3.04. The number of aromatic nitrogens is 2. The van der Waals surface area contributed by atoms with E-state index in [1.165, 1.54) is 0 Å². The largest absolute Gasteiger partial charge is 0.495 e. The quantitative estimate of drug-likeness (QED) is 0.847. The molecule has 1 aromatic carbocycles. The summed E-state index contributed by atoms with van der Waals surface area (Å²) < 4.78 is 5.28. The molecule has 0 radical (unpaired) electrons. The molecule has 1 saturated heterocycles. The van der Waals surface area contributed by atoms with Gasteiger partial charge in [-0.2, -0.15) is 0 Å². The standard InChI is InChI=1S/C19H24ClN5O2/c1-4-24-7-9-25(10-8-24)19-21-13(2)11-16(23-19)18(26)22-15-12-14(20)5-6-17(15)27-3/h5-6,11-12H,4,7-10H2,1-3H3,(H,22,26). The van der Waals surface area contributed by atoms with Gasteiger partial charge in [-0.1, -0.05) is 18.5 Å². The summed E-state index contributed by atoms with van der Waals surface area (Å²) in [6.07, 6.45) is 0. The molecule has 144 valence electrons. The van der Waals surface area contributed by atoms with Crippen LogP contribution in [0.4, 0.5) is 11.6 Å². The van der Waals surface area contributed by atoms with Crippen LogP contribution in [0, 0.1) is 6.92 Å². The number of benzene rings is 1. The second-order valence-electron chi connectivity index (χ2n) is 6.41. The van der Waals surface area contributed by atoms with Gasteiger partial charge in [0.2, 0.25) is 5.95 Å². The number of halogens is 1.